The van der Waals surface area contributed by atoms with Gasteiger partial charge in [0.15, 0.2) is 0 Å². The molecule has 0 fully saturated rings. The first-order valence-electron chi connectivity index (χ1n) is 6.84. The third kappa shape index (κ3) is 2.32. The lowest BCUT2D eigenvalue weighted by molar-refractivity contribution is 0.299. The maximum atomic E-state index is 9.01. The van der Waals surface area contributed by atoms with Crippen LogP contribution in [-0.4, -0.2) is 21.7 Å². The number of hydrogen-bond acceptors (Lipinski definition) is 2. The predicted octanol–water partition coefficient (Wildman–Crippen LogP) is 3.38. The summed E-state index contributed by atoms with van der Waals surface area (Å²) >= 11 is 0. The van der Waals surface area contributed by atoms with Gasteiger partial charge in [-0.15, -0.1) is 0 Å². The van der Waals surface area contributed by atoms with Gasteiger partial charge in [-0.2, -0.15) is 0 Å². The van der Waals surface area contributed by atoms with Crippen LogP contribution in [0.5, 0.6) is 0 Å². The van der Waals surface area contributed by atoms with Gasteiger partial charge in [-0.3, -0.25) is 0 Å². The lowest BCUT2D eigenvalue weighted by atomic mass is 10.1. The van der Waals surface area contributed by atoms with Crippen LogP contribution in [0.15, 0.2) is 36.4 Å². The molecule has 3 rings (SSSR count). The monoisotopic (exact) mass is 266 g/mol. The van der Waals surface area contributed by atoms with Gasteiger partial charge in [0.05, 0.1) is 11.0 Å². The lowest BCUT2D eigenvalue weighted by Gasteiger charge is -2.02. The molecule has 1 aromatic heterocycles. The Hall–Kier alpha value is -2.13. The number of rotatable bonds is 3. The van der Waals surface area contributed by atoms with Gasteiger partial charge in [0, 0.05) is 12.2 Å². The fourth-order valence-electron chi connectivity index (χ4n) is 2.37. The third-order valence-corrected chi connectivity index (χ3v) is 3.73. The topological polar surface area (TPSA) is 48.9 Å². The van der Waals surface area contributed by atoms with E-state index in [0.717, 1.165) is 28.0 Å². The van der Waals surface area contributed by atoms with Crippen molar-refractivity contribution in [3.05, 3.63) is 53.1 Å². The molecule has 0 unspecified atom stereocenters. The van der Waals surface area contributed by atoms with Crippen molar-refractivity contribution in [3.63, 3.8) is 0 Å². The second kappa shape index (κ2) is 5.10. The number of aryl methyl sites for hydroxylation is 2. The molecular formula is C17H18N2O. The van der Waals surface area contributed by atoms with E-state index in [9.17, 15) is 0 Å². The summed E-state index contributed by atoms with van der Waals surface area (Å²) in [7, 11) is 0. The second-order valence-electron chi connectivity index (χ2n) is 5.21. The average molecular weight is 266 g/mol. The summed E-state index contributed by atoms with van der Waals surface area (Å²) in [5.74, 6) is 0.893. The van der Waals surface area contributed by atoms with Crippen LogP contribution in [0.25, 0.3) is 22.4 Å². The highest BCUT2D eigenvalue weighted by Gasteiger charge is 2.07. The Labute approximate surface area is 118 Å². The first kappa shape index (κ1) is 12.9. The highest BCUT2D eigenvalue weighted by molar-refractivity contribution is 5.80. The normalized spacial score (nSPS) is 11.2. The summed E-state index contributed by atoms with van der Waals surface area (Å²) in [6.45, 7) is 4.39. The summed E-state index contributed by atoms with van der Waals surface area (Å²) in [6, 6.07) is 12.4. The predicted molar refractivity (Wildman–Crippen MR) is 81.8 cm³/mol. The fourth-order valence-corrected chi connectivity index (χ4v) is 2.37. The molecule has 0 saturated heterocycles. The van der Waals surface area contributed by atoms with E-state index in [1.807, 2.05) is 12.1 Å². The van der Waals surface area contributed by atoms with Crippen LogP contribution in [0.1, 0.15) is 16.7 Å². The molecule has 20 heavy (non-hydrogen) atoms. The van der Waals surface area contributed by atoms with Crippen LogP contribution in [0.2, 0.25) is 0 Å². The molecule has 3 nitrogen and oxygen atoms in total. The molecule has 0 aliphatic rings. The van der Waals surface area contributed by atoms with Gasteiger partial charge in [-0.25, -0.2) is 4.98 Å². The van der Waals surface area contributed by atoms with Crippen LogP contribution in [0.4, 0.5) is 0 Å². The zero-order valence-corrected chi connectivity index (χ0v) is 11.8. The Morgan fingerprint density at radius 1 is 1.05 bits per heavy atom. The van der Waals surface area contributed by atoms with Gasteiger partial charge in [0.25, 0.3) is 0 Å². The van der Waals surface area contributed by atoms with Crippen LogP contribution in [0, 0.1) is 13.8 Å². The lowest BCUT2D eigenvalue weighted by Crippen LogP contribution is -1.89. The van der Waals surface area contributed by atoms with Crippen molar-refractivity contribution >= 4 is 11.0 Å². The van der Waals surface area contributed by atoms with Gasteiger partial charge < -0.3 is 10.1 Å². The molecule has 1 heterocycles. The van der Waals surface area contributed by atoms with Crippen molar-refractivity contribution in [1.82, 2.24) is 9.97 Å². The molecule has 0 atom stereocenters. The van der Waals surface area contributed by atoms with E-state index >= 15 is 0 Å². The largest absolute Gasteiger partial charge is 0.396 e. The summed E-state index contributed by atoms with van der Waals surface area (Å²) in [6.07, 6.45) is 0.675. The molecule has 2 N–H and O–H groups in total. The summed E-state index contributed by atoms with van der Waals surface area (Å²) < 4.78 is 0. The number of imidazole rings is 1. The number of hydrogen-bond donors (Lipinski definition) is 2. The van der Waals surface area contributed by atoms with E-state index in [2.05, 4.69) is 48.1 Å². The summed E-state index contributed by atoms with van der Waals surface area (Å²) in [4.78, 5) is 8.00. The van der Waals surface area contributed by atoms with Crippen molar-refractivity contribution in [2.24, 2.45) is 0 Å². The molecule has 3 heteroatoms. The first-order valence-corrected chi connectivity index (χ1v) is 6.84. The maximum Gasteiger partial charge on any atom is 0.138 e. The molecule has 0 spiro atoms. The van der Waals surface area contributed by atoms with E-state index in [1.165, 1.54) is 11.1 Å². The van der Waals surface area contributed by atoms with Gasteiger partial charge in [0.1, 0.15) is 5.82 Å². The minimum atomic E-state index is 0.170. The maximum absolute atomic E-state index is 9.01. The van der Waals surface area contributed by atoms with Crippen molar-refractivity contribution in [1.29, 1.82) is 0 Å². The number of aliphatic hydroxyl groups excluding tert-OH is 1. The molecule has 102 valence electrons. The molecule has 2 aromatic carbocycles. The standard InChI is InChI=1S/C17H18N2O/c1-11-3-5-14(9-12(11)2)17-18-15-6-4-13(7-8-20)10-16(15)19-17/h3-6,9-10,20H,7-8H2,1-2H3,(H,18,19). The molecular weight excluding hydrogens is 248 g/mol. The molecule has 3 aromatic rings. The van der Waals surface area contributed by atoms with E-state index in [0.29, 0.717) is 6.42 Å². The minimum absolute atomic E-state index is 0.170. The number of aromatic amines is 1. The van der Waals surface area contributed by atoms with Gasteiger partial charge in [-0.1, -0.05) is 18.2 Å². The van der Waals surface area contributed by atoms with E-state index in [-0.39, 0.29) is 6.61 Å². The van der Waals surface area contributed by atoms with Crippen molar-refractivity contribution in [2.75, 3.05) is 6.61 Å². The molecule has 0 bridgehead atoms. The van der Waals surface area contributed by atoms with E-state index in [1.54, 1.807) is 0 Å². The Balaban J connectivity index is 2.05. The fraction of sp³-hybridized carbons (Fsp3) is 0.235. The van der Waals surface area contributed by atoms with Crippen LogP contribution < -0.4 is 0 Å². The zero-order chi connectivity index (χ0) is 14.1. The minimum Gasteiger partial charge on any atom is -0.396 e. The Morgan fingerprint density at radius 3 is 2.65 bits per heavy atom. The number of aliphatic hydroxyl groups is 1. The Morgan fingerprint density at radius 2 is 1.90 bits per heavy atom. The highest BCUT2D eigenvalue weighted by atomic mass is 16.2. The zero-order valence-electron chi connectivity index (χ0n) is 11.8. The van der Waals surface area contributed by atoms with Gasteiger partial charge in [0.2, 0.25) is 0 Å². The molecule has 0 radical (unpaired) electrons. The number of fused-ring (bicyclic) bond motifs is 1. The van der Waals surface area contributed by atoms with Crippen molar-refractivity contribution in [3.8, 4) is 11.4 Å². The quantitative estimate of drug-likeness (QED) is 0.763. The average Bonchev–Trinajstić information content (AvgIpc) is 2.85. The third-order valence-electron chi connectivity index (χ3n) is 3.73. The Bertz CT molecular complexity index is 759. The summed E-state index contributed by atoms with van der Waals surface area (Å²) in [5.41, 5.74) is 6.76. The SMILES string of the molecule is Cc1ccc(-c2nc3ccc(CCO)cc3[nH]2)cc1C. The number of benzene rings is 2. The van der Waals surface area contributed by atoms with Gasteiger partial charge >= 0.3 is 0 Å². The second-order valence-corrected chi connectivity index (χ2v) is 5.21. The van der Waals surface area contributed by atoms with Crippen LogP contribution in [0.3, 0.4) is 0 Å². The summed E-state index contributed by atoms with van der Waals surface area (Å²) in [5, 5.41) is 9.01. The molecule has 0 aliphatic carbocycles. The van der Waals surface area contributed by atoms with Crippen molar-refractivity contribution in [2.45, 2.75) is 20.3 Å². The number of aromatic nitrogens is 2. The molecule has 0 amide bonds. The van der Waals surface area contributed by atoms with Gasteiger partial charge in [-0.05, 0) is 55.2 Å². The molecule has 0 saturated carbocycles. The first-order chi connectivity index (χ1) is 9.67. The number of nitrogens with zero attached hydrogens (tertiary/aromatic N) is 1. The number of nitrogens with one attached hydrogen (secondary N) is 1. The highest BCUT2D eigenvalue weighted by Crippen LogP contribution is 2.23. The van der Waals surface area contributed by atoms with Crippen LogP contribution >= 0.6 is 0 Å². The van der Waals surface area contributed by atoms with Crippen LogP contribution in [-0.2, 0) is 6.42 Å². The number of H-pyrrole nitrogens is 1. The van der Waals surface area contributed by atoms with E-state index in [4.69, 9.17) is 5.11 Å². The van der Waals surface area contributed by atoms with Crippen molar-refractivity contribution < 1.29 is 5.11 Å². The smallest absolute Gasteiger partial charge is 0.138 e. The molecule has 0 aliphatic heterocycles. The van der Waals surface area contributed by atoms with E-state index < -0.39 is 0 Å². The Kier molecular flexibility index (Phi) is 3.28.